The number of carbonyl (C=O) groups is 1. The first-order chi connectivity index (χ1) is 10.1. The van der Waals surface area contributed by atoms with E-state index in [0.717, 1.165) is 17.1 Å². The molecule has 2 heterocycles. The first-order valence-corrected chi connectivity index (χ1v) is 6.95. The molecule has 0 unspecified atom stereocenters. The van der Waals surface area contributed by atoms with Gasteiger partial charge in [-0.25, -0.2) is 9.78 Å². The van der Waals surface area contributed by atoms with Gasteiger partial charge < -0.3 is 19.9 Å². The highest BCUT2D eigenvalue weighted by molar-refractivity contribution is 5.90. The monoisotopic (exact) mass is 286 g/mol. The van der Waals surface area contributed by atoms with Crippen LogP contribution in [0.5, 0.6) is 0 Å². The van der Waals surface area contributed by atoms with E-state index in [4.69, 9.17) is 0 Å². The third-order valence-electron chi connectivity index (χ3n) is 3.64. The molecule has 1 aromatic carbocycles. The zero-order chi connectivity index (χ0) is 14.8. The Hall–Kier alpha value is -2.34. The van der Waals surface area contributed by atoms with Gasteiger partial charge in [0.1, 0.15) is 5.82 Å². The van der Waals surface area contributed by atoms with Gasteiger partial charge >= 0.3 is 6.03 Å². The van der Waals surface area contributed by atoms with E-state index in [0.29, 0.717) is 19.5 Å². The molecule has 0 saturated carbocycles. The number of imidazole rings is 1. The first-order valence-electron chi connectivity index (χ1n) is 6.95. The highest BCUT2D eigenvalue weighted by Gasteiger charge is 2.24. The summed E-state index contributed by atoms with van der Waals surface area (Å²) in [7, 11) is 1.93. The van der Waals surface area contributed by atoms with Gasteiger partial charge in [-0.2, -0.15) is 0 Å². The Bertz CT molecular complexity index is 653. The number of hydrogen-bond donors (Lipinski definition) is 2. The Morgan fingerprint density at radius 1 is 1.48 bits per heavy atom. The minimum Gasteiger partial charge on any atom is -0.391 e. The summed E-state index contributed by atoms with van der Waals surface area (Å²) < 4.78 is 1.93. The van der Waals surface area contributed by atoms with Crippen LogP contribution in [0.3, 0.4) is 0 Å². The number of aryl methyl sites for hydroxylation is 1. The summed E-state index contributed by atoms with van der Waals surface area (Å²) >= 11 is 0. The molecule has 3 rings (SSSR count). The number of aliphatic hydroxyl groups excluding tert-OH is 1. The molecule has 0 bridgehead atoms. The number of anilines is 1. The molecule has 0 radical (unpaired) electrons. The Morgan fingerprint density at radius 3 is 3.00 bits per heavy atom. The number of likely N-dealkylation sites (tertiary alicyclic amines) is 1. The van der Waals surface area contributed by atoms with E-state index >= 15 is 0 Å². The van der Waals surface area contributed by atoms with Crippen LogP contribution in [0.2, 0.25) is 0 Å². The smallest absolute Gasteiger partial charge is 0.321 e. The Labute approximate surface area is 123 Å². The highest BCUT2D eigenvalue weighted by atomic mass is 16.3. The van der Waals surface area contributed by atoms with Crippen LogP contribution >= 0.6 is 0 Å². The van der Waals surface area contributed by atoms with Gasteiger partial charge in [-0.3, -0.25) is 0 Å². The van der Waals surface area contributed by atoms with E-state index < -0.39 is 6.10 Å². The summed E-state index contributed by atoms with van der Waals surface area (Å²) in [6.45, 7) is 0.983. The van der Waals surface area contributed by atoms with Crippen LogP contribution < -0.4 is 5.32 Å². The van der Waals surface area contributed by atoms with Gasteiger partial charge in [0.15, 0.2) is 0 Å². The van der Waals surface area contributed by atoms with E-state index in [1.807, 2.05) is 42.1 Å². The summed E-state index contributed by atoms with van der Waals surface area (Å²) in [6.07, 6.45) is 3.86. The molecule has 1 atom stereocenters. The lowest BCUT2D eigenvalue weighted by Crippen LogP contribution is -2.33. The molecule has 1 aliphatic rings. The fraction of sp³-hybridized carbons (Fsp3) is 0.333. The minimum absolute atomic E-state index is 0.177. The maximum Gasteiger partial charge on any atom is 0.321 e. The van der Waals surface area contributed by atoms with E-state index in [1.165, 1.54) is 0 Å². The molecular formula is C15H18N4O2. The average molecular weight is 286 g/mol. The van der Waals surface area contributed by atoms with Gasteiger partial charge in [0.2, 0.25) is 0 Å². The number of benzene rings is 1. The van der Waals surface area contributed by atoms with Crippen LogP contribution in [-0.4, -0.2) is 44.8 Å². The number of nitrogens with zero attached hydrogens (tertiary/aromatic N) is 3. The second kappa shape index (κ2) is 5.57. The topological polar surface area (TPSA) is 70.4 Å². The van der Waals surface area contributed by atoms with Crippen molar-refractivity contribution in [2.24, 2.45) is 7.05 Å². The van der Waals surface area contributed by atoms with Gasteiger partial charge in [-0.1, -0.05) is 12.1 Å². The number of amides is 2. The Balaban J connectivity index is 1.75. The lowest BCUT2D eigenvalue weighted by Gasteiger charge is -2.16. The number of urea groups is 1. The molecule has 1 aliphatic heterocycles. The SMILES string of the molecule is Cn1ccnc1-c1cccc(NC(=O)N2CC[C@@H](O)C2)c1. The van der Waals surface area contributed by atoms with Crippen LogP contribution in [0.4, 0.5) is 10.5 Å². The molecule has 2 amide bonds. The molecular weight excluding hydrogens is 268 g/mol. The molecule has 2 N–H and O–H groups in total. The molecule has 0 aliphatic carbocycles. The predicted molar refractivity (Wildman–Crippen MR) is 79.9 cm³/mol. The second-order valence-electron chi connectivity index (χ2n) is 5.26. The Morgan fingerprint density at radius 2 is 2.33 bits per heavy atom. The van der Waals surface area contributed by atoms with E-state index in [2.05, 4.69) is 10.3 Å². The van der Waals surface area contributed by atoms with Crippen molar-refractivity contribution < 1.29 is 9.90 Å². The van der Waals surface area contributed by atoms with Gasteiger partial charge in [-0.05, 0) is 18.6 Å². The van der Waals surface area contributed by atoms with Gasteiger partial charge in [-0.15, -0.1) is 0 Å². The third kappa shape index (κ3) is 2.90. The summed E-state index contributed by atoms with van der Waals surface area (Å²) in [5.41, 5.74) is 1.67. The highest BCUT2D eigenvalue weighted by Crippen LogP contribution is 2.21. The zero-order valence-corrected chi connectivity index (χ0v) is 11.9. The number of aliphatic hydroxyl groups is 1. The number of nitrogens with one attached hydrogen (secondary N) is 1. The molecule has 6 heteroatoms. The van der Waals surface area contributed by atoms with E-state index in [9.17, 15) is 9.90 Å². The summed E-state index contributed by atoms with van der Waals surface area (Å²) in [4.78, 5) is 18.0. The van der Waals surface area contributed by atoms with Crippen molar-refractivity contribution >= 4 is 11.7 Å². The van der Waals surface area contributed by atoms with Gasteiger partial charge in [0.25, 0.3) is 0 Å². The fourth-order valence-electron chi connectivity index (χ4n) is 2.51. The number of hydrogen-bond acceptors (Lipinski definition) is 3. The van der Waals surface area contributed by atoms with Crippen LogP contribution in [0.25, 0.3) is 11.4 Å². The van der Waals surface area contributed by atoms with Gasteiger partial charge in [0.05, 0.1) is 6.10 Å². The first kappa shape index (κ1) is 13.6. The van der Waals surface area contributed by atoms with Crippen molar-refractivity contribution in [1.29, 1.82) is 0 Å². The molecule has 110 valence electrons. The quantitative estimate of drug-likeness (QED) is 0.882. The molecule has 21 heavy (non-hydrogen) atoms. The van der Waals surface area contributed by atoms with Crippen molar-refractivity contribution in [3.63, 3.8) is 0 Å². The van der Waals surface area contributed by atoms with Crippen LogP contribution in [0.15, 0.2) is 36.7 Å². The lowest BCUT2D eigenvalue weighted by molar-refractivity contribution is 0.176. The van der Waals surface area contributed by atoms with Crippen molar-refractivity contribution in [3.8, 4) is 11.4 Å². The standard InChI is InChI=1S/C15H18N4O2/c1-18-8-6-16-14(18)11-3-2-4-12(9-11)17-15(21)19-7-5-13(20)10-19/h2-4,6,8-9,13,20H,5,7,10H2,1H3,(H,17,21)/t13-/m1/s1. The number of rotatable bonds is 2. The molecule has 1 fully saturated rings. The molecule has 2 aromatic rings. The zero-order valence-electron chi connectivity index (χ0n) is 11.9. The maximum absolute atomic E-state index is 12.1. The largest absolute Gasteiger partial charge is 0.391 e. The van der Waals surface area contributed by atoms with Crippen LogP contribution in [0.1, 0.15) is 6.42 Å². The normalized spacial score (nSPS) is 18.0. The third-order valence-corrected chi connectivity index (χ3v) is 3.64. The average Bonchev–Trinajstić information content (AvgIpc) is 3.08. The van der Waals surface area contributed by atoms with Crippen LogP contribution in [0, 0.1) is 0 Å². The van der Waals surface area contributed by atoms with Gasteiger partial charge in [0, 0.05) is 43.8 Å². The Kier molecular flexibility index (Phi) is 3.62. The predicted octanol–water partition coefficient (Wildman–Crippen LogP) is 1.69. The minimum atomic E-state index is -0.408. The molecule has 1 saturated heterocycles. The molecule has 6 nitrogen and oxygen atoms in total. The summed E-state index contributed by atoms with van der Waals surface area (Å²) in [6, 6.07) is 7.41. The number of carbonyl (C=O) groups excluding carboxylic acids is 1. The van der Waals surface area contributed by atoms with E-state index in [1.54, 1.807) is 11.1 Å². The second-order valence-corrected chi connectivity index (χ2v) is 5.26. The van der Waals surface area contributed by atoms with Crippen molar-refractivity contribution in [1.82, 2.24) is 14.5 Å². The number of β-amino-alcohol motifs (C(OH)–C–C–N with tert-alkyl or cyclic N) is 1. The number of aromatic nitrogens is 2. The van der Waals surface area contributed by atoms with E-state index in [-0.39, 0.29) is 6.03 Å². The maximum atomic E-state index is 12.1. The fourth-order valence-corrected chi connectivity index (χ4v) is 2.51. The summed E-state index contributed by atoms with van der Waals surface area (Å²) in [5, 5.41) is 12.3. The van der Waals surface area contributed by atoms with Crippen molar-refractivity contribution in [2.75, 3.05) is 18.4 Å². The van der Waals surface area contributed by atoms with Crippen molar-refractivity contribution in [2.45, 2.75) is 12.5 Å². The van der Waals surface area contributed by atoms with Crippen molar-refractivity contribution in [3.05, 3.63) is 36.7 Å². The molecule has 0 spiro atoms. The molecule has 1 aromatic heterocycles. The lowest BCUT2D eigenvalue weighted by atomic mass is 10.2. The summed E-state index contributed by atoms with van der Waals surface area (Å²) in [5.74, 6) is 0.850. The van der Waals surface area contributed by atoms with Crippen LogP contribution in [-0.2, 0) is 7.05 Å².